The van der Waals surface area contributed by atoms with Crippen LogP contribution in [0.2, 0.25) is 0 Å². The largest absolute Gasteiger partial charge is 0.397 e. The Morgan fingerprint density at radius 2 is 1.67 bits per heavy atom. The van der Waals surface area contributed by atoms with Crippen LogP contribution in [-0.4, -0.2) is 6.04 Å². The Labute approximate surface area is 108 Å². The number of benzene rings is 2. The van der Waals surface area contributed by atoms with Crippen molar-refractivity contribution in [2.75, 3.05) is 11.1 Å². The molecule has 1 aliphatic rings. The van der Waals surface area contributed by atoms with Gasteiger partial charge >= 0.3 is 0 Å². The van der Waals surface area contributed by atoms with Gasteiger partial charge in [0.15, 0.2) is 0 Å². The molecule has 18 heavy (non-hydrogen) atoms. The summed E-state index contributed by atoms with van der Waals surface area (Å²) in [5.74, 6) is 0. The lowest BCUT2D eigenvalue weighted by Crippen LogP contribution is -2.27. The lowest BCUT2D eigenvalue weighted by atomic mass is 9.88. The van der Waals surface area contributed by atoms with Crippen LogP contribution in [-0.2, 0) is 12.8 Å². The van der Waals surface area contributed by atoms with Crippen molar-refractivity contribution in [1.82, 2.24) is 0 Å². The summed E-state index contributed by atoms with van der Waals surface area (Å²) in [5.41, 5.74) is 10.8. The zero-order valence-electron chi connectivity index (χ0n) is 10.4. The first-order valence-electron chi connectivity index (χ1n) is 6.51. The zero-order valence-corrected chi connectivity index (χ0v) is 10.4. The Bertz CT molecular complexity index is 548. The normalized spacial score (nSPS) is 18.1. The van der Waals surface area contributed by atoms with Crippen molar-refractivity contribution in [3.05, 3.63) is 59.7 Å². The van der Waals surface area contributed by atoms with Gasteiger partial charge in [-0.3, -0.25) is 0 Å². The Balaban J connectivity index is 1.75. The van der Waals surface area contributed by atoms with Gasteiger partial charge in [0.05, 0.1) is 11.4 Å². The van der Waals surface area contributed by atoms with Crippen LogP contribution >= 0.6 is 0 Å². The lowest BCUT2D eigenvalue weighted by Gasteiger charge is -2.26. The minimum atomic E-state index is 0.490. The minimum absolute atomic E-state index is 0.490. The van der Waals surface area contributed by atoms with Gasteiger partial charge in [-0.25, -0.2) is 0 Å². The molecule has 2 aromatic rings. The van der Waals surface area contributed by atoms with Crippen molar-refractivity contribution < 1.29 is 0 Å². The van der Waals surface area contributed by atoms with Crippen LogP contribution in [0, 0.1) is 0 Å². The second-order valence-corrected chi connectivity index (χ2v) is 4.94. The molecular formula is C16H18N2. The highest BCUT2D eigenvalue weighted by molar-refractivity contribution is 5.66. The van der Waals surface area contributed by atoms with Crippen molar-refractivity contribution in [3.8, 4) is 0 Å². The third-order valence-corrected chi connectivity index (χ3v) is 3.67. The molecule has 0 saturated heterocycles. The van der Waals surface area contributed by atoms with Gasteiger partial charge in [-0.2, -0.15) is 0 Å². The van der Waals surface area contributed by atoms with E-state index in [2.05, 4.69) is 35.6 Å². The monoisotopic (exact) mass is 238 g/mol. The number of nitrogens with two attached hydrogens (primary N) is 1. The molecule has 2 nitrogen and oxygen atoms in total. The molecule has 0 radical (unpaired) electrons. The van der Waals surface area contributed by atoms with E-state index < -0.39 is 0 Å². The first kappa shape index (κ1) is 11.1. The molecule has 0 amide bonds. The summed E-state index contributed by atoms with van der Waals surface area (Å²) >= 11 is 0. The molecule has 0 aliphatic heterocycles. The summed E-state index contributed by atoms with van der Waals surface area (Å²) in [6.07, 6.45) is 3.41. The molecule has 2 aromatic carbocycles. The smallest absolute Gasteiger partial charge is 0.0576 e. The average molecular weight is 238 g/mol. The summed E-state index contributed by atoms with van der Waals surface area (Å²) in [5, 5.41) is 3.57. The number of nitrogen functional groups attached to an aromatic ring is 1. The number of rotatable bonds is 2. The van der Waals surface area contributed by atoms with Crippen LogP contribution in [0.5, 0.6) is 0 Å². The average Bonchev–Trinajstić information content (AvgIpc) is 2.41. The van der Waals surface area contributed by atoms with Crippen LogP contribution in [0.4, 0.5) is 11.4 Å². The van der Waals surface area contributed by atoms with E-state index in [9.17, 15) is 0 Å². The summed E-state index contributed by atoms with van der Waals surface area (Å²) in [6, 6.07) is 17.2. The molecule has 0 bridgehead atoms. The summed E-state index contributed by atoms with van der Waals surface area (Å²) in [7, 11) is 0. The predicted molar refractivity (Wildman–Crippen MR) is 76.7 cm³/mol. The van der Waals surface area contributed by atoms with Gasteiger partial charge in [-0.15, -0.1) is 0 Å². The van der Waals surface area contributed by atoms with E-state index in [-0.39, 0.29) is 0 Å². The highest BCUT2D eigenvalue weighted by Gasteiger charge is 2.18. The maximum absolute atomic E-state index is 5.97. The van der Waals surface area contributed by atoms with Crippen molar-refractivity contribution in [2.24, 2.45) is 0 Å². The van der Waals surface area contributed by atoms with E-state index in [1.807, 2.05) is 18.2 Å². The van der Waals surface area contributed by atoms with E-state index in [0.717, 1.165) is 24.2 Å². The Hall–Kier alpha value is -1.96. The molecule has 1 atom stereocenters. The van der Waals surface area contributed by atoms with Gasteiger partial charge < -0.3 is 11.1 Å². The third-order valence-electron chi connectivity index (χ3n) is 3.67. The van der Waals surface area contributed by atoms with Gasteiger partial charge in [0.2, 0.25) is 0 Å². The van der Waals surface area contributed by atoms with Crippen LogP contribution in [0.3, 0.4) is 0 Å². The molecule has 3 N–H and O–H groups in total. The maximum Gasteiger partial charge on any atom is 0.0576 e. The maximum atomic E-state index is 5.97. The SMILES string of the molecule is Nc1ccccc1NC1CCc2ccccc2C1. The molecule has 0 heterocycles. The molecule has 1 aliphatic carbocycles. The topological polar surface area (TPSA) is 38.0 Å². The van der Waals surface area contributed by atoms with Gasteiger partial charge in [0.1, 0.15) is 0 Å². The fraction of sp³-hybridized carbons (Fsp3) is 0.250. The highest BCUT2D eigenvalue weighted by atomic mass is 14.9. The van der Waals surface area contributed by atoms with E-state index in [1.165, 1.54) is 17.5 Å². The van der Waals surface area contributed by atoms with Crippen LogP contribution in [0.25, 0.3) is 0 Å². The molecule has 3 rings (SSSR count). The summed E-state index contributed by atoms with van der Waals surface area (Å²) in [6.45, 7) is 0. The van der Waals surface area contributed by atoms with Crippen molar-refractivity contribution in [1.29, 1.82) is 0 Å². The highest BCUT2D eigenvalue weighted by Crippen LogP contribution is 2.25. The molecule has 92 valence electrons. The Morgan fingerprint density at radius 3 is 2.50 bits per heavy atom. The molecule has 1 unspecified atom stereocenters. The van der Waals surface area contributed by atoms with E-state index in [4.69, 9.17) is 5.73 Å². The second kappa shape index (κ2) is 4.73. The summed E-state index contributed by atoms with van der Waals surface area (Å²) in [4.78, 5) is 0. The first-order chi connectivity index (χ1) is 8.83. The van der Waals surface area contributed by atoms with E-state index in [0.29, 0.717) is 6.04 Å². The van der Waals surface area contributed by atoms with Gasteiger partial charge in [-0.1, -0.05) is 36.4 Å². The molecule has 0 spiro atoms. The standard InChI is InChI=1S/C16H18N2/c17-15-7-3-4-8-16(15)18-14-10-9-12-5-1-2-6-13(12)11-14/h1-8,14,18H,9-11,17H2. The number of hydrogen-bond acceptors (Lipinski definition) is 2. The number of nitrogens with one attached hydrogen (secondary N) is 1. The van der Waals surface area contributed by atoms with E-state index >= 15 is 0 Å². The quantitative estimate of drug-likeness (QED) is 0.788. The number of fused-ring (bicyclic) bond motifs is 1. The number of aryl methyl sites for hydroxylation is 1. The minimum Gasteiger partial charge on any atom is -0.397 e. The van der Waals surface area contributed by atoms with Gasteiger partial charge in [0, 0.05) is 6.04 Å². The molecule has 0 saturated carbocycles. The predicted octanol–water partition coefficient (Wildman–Crippen LogP) is 3.24. The van der Waals surface area contributed by atoms with Crippen molar-refractivity contribution in [3.63, 3.8) is 0 Å². The van der Waals surface area contributed by atoms with Crippen LogP contribution in [0.1, 0.15) is 17.5 Å². The van der Waals surface area contributed by atoms with Crippen LogP contribution < -0.4 is 11.1 Å². The van der Waals surface area contributed by atoms with Crippen LogP contribution in [0.15, 0.2) is 48.5 Å². The fourth-order valence-corrected chi connectivity index (χ4v) is 2.67. The molecule has 2 heteroatoms. The number of anilines is 2. The number of para-hydroxylation sites is 2. The fourth-order valence-electron chi connectivity index (χ4n) is 2.67. The summed E-state index contributed by atoms with van der Waals surface area (Å²) < 4.78 is 0. The number of hydrogen-bond donors (Lipinski definition) is 2. The van der Waals surface area contributed by atoms with E-state index in [1.54, 1.807) is 0 Å². The van der Waals surface area contributed by atoms with Crippen molar-refractivity contribution in [2.45, 2.75) is 25.3 Å². The van der Waals surface area contributed by atoms with Gasteiger partial charge in [-0.05, 0) is 42.5 Å². The Kier molecular flexibility index (Phi) is 2.93. The first-order valence-corrected chi connectivity index (χ1v) is 6.51. The van der Waals surface area contributed by atoms with Gasteiger partial charge in [0.25, 0.3) is 0 Å². The lowest BCUT2D eigenvalue weighted by molar-refractivity contribution is 0.611. The van der Waals surface area contributed by atoms with Crippen molar-refractivity contribution >= 4 is 11.4 Å². The molecule has 0 fully saturated rings. The molecule has 0 aromatic heterocycles. The second-order valence-electron chi connectivity index (χ2n) is 4.94. The molecular weight excluding hydrogens is 220 g/mol. The third kappa shape index (κ3) is 2.19. The Morgan fingerprint density at radius 1 is 0.944 bits per heavy atom. The zero-order chi connectivity index (χ0) is 12.4.